The Balaban J connectivity index is 1.83. The molecule has 1 aliphatic carbocycles. The van der Waals surface area contributed by atoms with Crippen LogP contribution in [0.25, 0.3) is 31.6 Å². The van der Waals surface area contributed by atoms with Gasteiger partial charge in [0.25, 0.3) is 0 Å². The first-order chi connectivity index (χ1) is 14.5. The summed E-state index contributed by atoms with van der Waals surface area (Å²) in [5, 5.41) is 3.71. The fourth-order valence-electron chi connectivity index (χ4n) is 5.10. The Labute approximate surface area is 182 Å². The van der Waals surface area contributed by atoms with Gasteiger partial charge in [-0.3, -0.25) is 0 Å². The summed E-state index contributed by atoms with van der Waals surface area (Å²) in [7, 11) is 0. The molecule has 2 heteroatoms. The summed E-state index contributed by atoms with van der Waals surface area (Å²) in [6.07, 6.45) is 5.84. The van der Waals surface area contributed by atoms with Gasteiger partial charge in [-0.15, -0.1) is 11.3 Å². The zero-order chi connectivity index (χ0) is 20.9. The smallest absolute Gasteiger partial charge is 0.125 e. The van der Waals surface area contributed by atoms with Crippen LogP contribution in [0.1, 0.15) is 39.7 Å². The van der Waals surface area contributed by atoms with E-state index in [-0.39, 0.29) is 5.41 Å². The third-order valence-electron chi connectivity index (χ3n) is 6.69. The molecule has 0 saturated heterocycles. The summed E-state index contributed by atoms with van der Waals surface area (Å²) >= 11 is 1.81. The number of aromatic nitrogens is 1. The summed E-state index contributed by atoms with van der Waals surface area (Å²) in [5.74, 6) is 0.431. The monoisotopic (exact) mass is 409 g/mol. The molecule has 30 heavy (non-hydrogen) atoms. The van der Waals surface area contributed by atoms with Gasteiger partial charge in [-0.1, -0.05) is 85.7 Å². The van der Waals surface area contributed by atoms with Gasteiger partial charge in [-0.2, -0.15) is 0 Å². The second-order valence-corrected chi connectivity index (χ2v) is 10.0. The highest BCUT2D eigenvalue weighted by atomic mass is 32.1. The second kappa shape index (κ2) is 7.21. The van der Waals surface area contributed by atoms with Gasteiger partial charge in [0.05, 0.1) is 10.2 Å². The lowest BCUT2D eigenvalue weighted by atomic mass is 9.67. The summed E-state index contributed by atoms with van der Waals surface area (Å²) in [6.45, 7) is 9.30. The van der Waals surface area contributed by atoms with Gasteiger partial charge in [0.2, 0.25) is 0 Å². The van der Waals surface area contributed by atoms with Crippen molar-refractivity contribution in [2.75, 3.05) is 0 Å². The van der Waals surface area contributed by atoms with Gasteiger partial charge in [-0.25, -0.2) is 4.98 Å². The predicted molar refractivity (Wildman–Crippen MR) is 131 cm³/mol. The molecule has 0 N–H and O–H groups in total. The fourth-order valence-corrected chi connectivity index (χ4v) is 6.14. The number of para-hydroxylation sites is 1. The molecule has 2 unspecified atom stereocenters. The highest BCUT2D eigenvalue weighted by molar-refractivity contribution is 7.21. The molecule has 0 amide bonds. The summed E-state index contributed by atoms with van der Waals surface area (Å²) < 4.78 is 1.25. The van der Waals surface area contributed by atoms with Crippen LogP contribution < -0.4 is 0 Å². The van der Waals surface area contributed by atoms with Crippen molar-refractivity contribution < 1.29 is 0 Å². The van der Waals surface area contributed by atoms with E-state index in [0.29, 0.717) is 5.92 Å². The maximum Gasteiger partial charge on any atom is 0.125 e. The second-order valence-electron chi connectivity index (χ2n) is 8.98. The Kier molecular flexibility index (Phi) is 4.63. The molecule has 2 atom stereocenters. The maximum atomic E-state index is 5.09. The van der Waals surface area contributed by atoms with E-state index in [2.05, 4.69) is 101 Å². The molecule has 0 spiro atoms. The van der Waals surface area contributed by atoms with Crippen molar-refractivity contribution in [3.63, 3.8) is 0 Å². The number of fused-ring (bicyclic) bond motifs is 2. The van der Waals surface area contributed by atoms with Gasteiger partial charge in [0.15, 0.2) is 0 Å². The lowest BCUT2D eigenvalue weighted by Gasteiger charge is -2.36. The van der Waals surface area contributed by atoms with E-state index >= 15 is 0 Å². The van der Waals surface area contributed by atoms with E-state index in [9.17, 15) is 0 Å². The van der Waals surface area contributed by atoms with Crippen molar-refractivity contribution in [3.8, 4) is 10.6 Å². The van der Waals surface area contributed by atoms with E-state index < -0.39 is 0 Å². The summed E-state index contributed by atoms with van der Waals surface area (Å²) in [5.41, 5.74) is 6.62. The average Bonchev–Trinajstić information content (AvgIpc) is 3.12. The summed E-state index contributed by atoms with van der Waals surface area (Å²) in [4.78, 5) is 5.09. The van der Waals surface area contributed by atoms with Gasteiger partial charge in [0.1, 0.15) is 5.01 Å². The molecule has 3 aromatic carbocycles. The van der Waals surface area contributed by atoms with Crippen LogP contribution in [0.15, 0.2) is 84.0 Å². The normalized spacial score (nSPS) is 22.1. The van der Waals surface area contributed by atoms with Crippen LogP contribution in [0.5, 0.6) is 0 Å². The molecule has 1 nitrogen and oxygen atoms in total. The lowest BCUT2D eigenvalue weighted by Crippen LogP contribution is -2.30. The number of benzene rings is 3. The molecule has 1 aromatic heterocycles. The minimum absolute atomic E-state index is 0.00949. The van der Waals surface area contributed by atoms with Gasteiger partial charge in [-0.05, 0) is 54.7 Å². The van der Waals surface area contributed by atoms with Crippen LogP contribution >= 0.6 is 11.3 Å². The number of hydrogen-bond donors (Lipinski definition) is 0. The molecule has 0 saturated carbocycles. The van der Waals surface area contributed by atoms with Gasteiger partial charge >= 0.3 is 0 Å². The Morgan fingerprint density at radius 1 is 0.967 bits per heavy atom. The van der Waals surface area contributed by atoms with E-state index in [0.717, 1.165) is 16.9 Å². The number of thiazole rings is 1. The average molecular weight is 410 g/mol. The van der Waals surface area contributed by atoms with Gasteiger partial charge < -0.3 is 0 Å². The first-order valence-corrected chi connectivity index (χ1v) is 11.5. The van der Waals surface area contributed by atoms with Crippen LogP contribution in [0.4, 0.5) is 0 Å². The first kappa shape index (κ1) is 19.3. The minimum Gasteiger partial charge on any atom is -0.236 e. The molecule has 150 valence electrons. The molecule has 0 bridgehead atoms. The van der Waals surface area contributed by atoms with Crippen molar-refractivity contribution >= 4 is 32.3 Å². The highest BCUT2D eigenvalue weighted by Crippen LogP contribution is 2.48. The number of rotatable bonds is 2. The Hall–Kier alpha value is -2.71. The highest BCUT2D eigenvalue weighted by Gasteiger charge is 2.36. The van der Waals surface area contributed by atoms with Crippen molar-refractivity contribution in [2.24, 2.45) is 5.92 Å². The topological polar surface area (TPSA) is 12.9 Å². The van der Waals surface area contributed by atoms with Gasteiger partial charge in [0, 0.05) is 11.0 Å². The molecular formula is C28H27NS. The van der Waals surface area contributed by atoms with Crippen molar-refractivity contribution in [3.05, 3.63) is 89.5 Å². The zero-order valence-corrected chi connectivity index (χ0v) is 18.9. The van der Waals surface area contributed by atoms with Crippen LogP contribution in [-0.2, 0) is 5.41 Å². The van der Waals surface area contributed by atoms with E-state index in [4.69, 9.17) is 4.98 Å². The molecule has 0 radical (unpaired) electrons. The number of allylic oxidation sites excluding steroid dienone is 4. The third kappa shape index (κ3) is 3.11. The SMILES string of the molecule is CC1=CC(C)C(C)(c2ccc3ccccc3c2-c2nc3ccccc3s2)CC(C)=C1. The Morgan fingerprint density at radius 3 is 2.57 bits per heavy atom. The van der Waals surface area contributed by atoms with Crippen molar-refractivity contribution in [1.82, 2.24) is 4.98 Å². The van der Waals surface area contributed by atoms with Crippen LogP contribution in [0.3, 0.4) is 0 Å². The molecular weight excluding hydrogens is 382 g/mol. The molecule has 1 aliphatic rings. The predicted octanol–water partition coefficient (Wildman–Crippen LogP) is 8.31. The van der Waals surface area contributed by atoms with Crippen LogP contribution in [-0.4, -0.2) is 4.98 Å². The maximum absolute atomic E-state index is 5.09. The molecule has 0 fully saturated rings. The largest absolute Gasteiger partial charge is 0.236 e. The Bertz CT molecular complexity index is 1290. The fraction of sp³-hybridized carbons (Fsp3) is 0.250. The van der Waals surface area contributed by atoms with E-state index in [1.165, 1.54) is 37.7 Å². The quantitative estimate of drug-likeness (QED) is 0.324. The number of hydrogen-bond acceptors (Lipinski definition) is 2. The zero-order valence-electron chi connectivity index (χ0n) is 18.1. The summed E-state index contributed by atoms with van der Waals surface area (Å²) in [6, 6.07) is 21.9. The molecule has 4 aromatic rings. The van der Waals surface area contributed by atoms with E-state index in [1.54, 1.807) is 0 Å². The molecule has 0 aliphatic heterocycles. The van der Waals surface area contributed by atoms with Crippen molar-refractivity contribution in [2.45, 2.75) is 39.5 Å². The number of nitrogens with zero attached hydrogens (tertiary/aromatic N) is 1. The van der Waals surface area contributed by atoms with E-state index in [1.807, 2.05) is 11.3 Å². The lowest BCUT2D eigenvalue weighted by molar-refractivity contribution is 0.370. The minimum atomic E-state index is 0.00949. The van der Waals surface area contributed by atoms with Crippen molar-refractivity contribution in [1.29, 1.82) is 0 Å². The van der Waals surface area contributed by atoms with Crippen LogP contribution in [0, 0.1) is 5.92 Å². The third-order valence-corrected chi connectivity index (χ3v) is 7.74. The Morgan fingerprint density at radius 2 is 1.73 bits per heavy atom. The molecule has 1 heterocycles. The standard InChI is InChI=1S/C28H27NS/c1-18-15-19(2)17-28(4,20(3)16-18)23-14-13-21-9-5-6-10-22(21)26(23)27-29-24-11-7-8-12-25(24)30-27/h5-16,20H,17H2,1-4H3. The molecule has 5 rings (SSSR count). The van der Waals surface area contributed by atoms with Crippen LogP contribution in [0.2, 0.25) is 0 Å². The first-order valence-electron chi connectivity index (χ1n) is 10.7.